The van der Waals surface area contributed by atoms with Gasteiger partial charge in [-0.3, -0.25) is 9.59 Å². The number of ether oxygens (including phenoxy) is 1. The predicted molar refractivity (Wildman–Crippen MR) is 62.5 cm³/mol. The third-order valence-corrected chi connectivity index (χ3v) is 2.69. The van der Waals surface area contributed by atoms with Crippen LogP contribution in [0.2, 0.25) is 0 Å². The number of hydrogen-bond donors (Lipinski definition) is 2. The van der Waals surface area contributed by atoms with Crippen LogP contribution in [0.3, 0.4) is 0 Å². The zero-order chi connectivity index (χ0) is 12.8. The number of rotatable bonds is 5. The molecule has 6 heteroatoms. The van der Waals surface area contributed by atoms with Gasteiger partial charge in [0.15, 0.2) is 0 Å². The van der Waals surface area contributed by atoms with Crippen molar-refractivity contribution in [1.82, 2.24) is 10.6 Å². The second-order valence-corrected chi connectivity index (χ2v) is 4.08. The summed E-state index contributed by atoms with van der Waals surface area (Å²) in [5.74, 6) is 0.201. The first kappa shape index (κ1) is 12.6. The van der Waals surface area contributed by atoms with E-state index >= 15 is 0 Å². The van der Waals surface area contributed by atoms with Gasteiger partial charge in [-0.1, -0.05) is 0 Å². The highest BCUT2D eigenvalue weighted by molar-refractivity contribution is 5.86. The zero-order valence-electron chi connectivity index (χ0n) is 9.98. The summed E-state index contributed by atoms with van der Waals surface area (Å²) in [6.45, 7) is 0.893. The Kier molecular flexibility index (Phi) is 4.35. The van der Waals surface area contributed by atoms with Crippen molar-refractivity contribution in [3.63, 3.8) is 0 Å². The van der Waals surface area contributed by atoms with Gasteiger partial charge in [0.2, 0.25) is 11.8 Å². The normalized spacial score (nSPS) is 18.6. The number of nitrogens with one attached hydrogen (secondary N) is 2. The molecule has 2 rings (SSSR count). The monoisotopic (exact) mass is 252 g/mol. The molecular weight excluding hydrogens is 236 g/mol. The van der Waals surface area contributed by atoms with Gasteiger partial charge in [0.25, 0.3) is 0 Å². The molecule has 1 aliphatic heterocycles. The Bertz CT molecular complexity index is 396. The third kappa shape index (κ3) is 3.59. The van der Waals surface area contributed by atoms with Crippen LogP contribution < -0.4 is 10.6 Å². The van der Waals surface area contributed by atoms with Crippen molar-refractivity contribution in [1.29, 1.82) is 0 Å². The topological polar surface area (TPSA) is 80.6 Å². The Hall–Kier alpha value is -1.82. The SMILES string of the molecule is O=C(CNC(=O)[C@@H]1CCCO1)NCc1ccco1. The summed E-state index contributed by atoms with van der Waals surface area (Å²) in [6, 6.07) is 3.52. The fourth-order valence-electron chi connectivity index (χ4n) is 1.73. The molecule has 0 saturated carbocycles. The van der Waals surface area contributed by atoms with Crippen molar-refractivity contribution >= 4 is 11.8 Å². The summed E-state index contributed by atoms with van der Waals surface area (Å²) >= 11 is 0. The Morgan fingerprint density at radius 1 is 1.39 bits per heavy atom. The van der Waals surface area contributed by atoms with Crippen LogP contribution in [0.15, 0.2) is 22.8 Å². The van der Waals surface area contributed by atoms with E-state index in [0.29, 0.717) is 18.9 Å². The summed E-state index contributed by atoms with van der Waals surface area (Å²) in [4.78, 5) is 23.0. The van der Waals surface area contributed by atoms with Crippen molar-refractivity contribution in [2.24, 2.45) is 0 Å². The first-order chi connectivity index (χ1) is 8.75. The van der Waals surface area contributed by atoms with Gasteiger partial charge < -0.3 is 19.8 Å². The predicted octanol–water partition coefficient (Wildman–Crippen LogP) is 0.191. The standard InChI is InChI=1S/C12H16N2O4/c15-11(13-7-9-3-1-5-17-9)8-14-12(16)10-4-2-6-18-10/h1,3,5,10H,2,4,6-8H2,(H,13,15)(H,14,16)/t10-/m0/s1. The van der Waals surface area contributed by atoms with Crippen LogP contribution in [-0.2, 0) is 20.9 Å². The van der Waals surface area contributed by atoms with Gasteiger partial charge in [0, 0.05) is 6.61 Å². The molecule has 2 N–H and O–H groups in total. The quantitative estimate of drug-likeness (QED) is 0.784. The summed E-state index contributed by atoms with van der Waals surface area (Å²) < 4.78 is 10.3. The maximum Gasteiger partial charge on any atom is 0.249 e. The van der Waals surface area contributed by atoms with Crippen LogP contribution >= 0.6 is 0 Å². The van der Waals surface area contributed by atoms with Gasteiger partial charge in [0.1, 0.15) is 11.9 Å². The highest BCUT2D eigenvalue weighted by Crippen LogP contribution is 2.11. The van der Waals surface area contributed by atoms with Gasteiger partial charge in [0.05, 0.1) is 19.4 Å². The maximum absolute atomic E-state index is 11.5. The van der Waals surface area contributed by atoms with Gasteiger partial charge in [-0.2, -0.15) is 0 Å². The lowest BCUT2D eigenvalue weighted by Crippen LogP contribution is -2.41. The molecule has 0 aliphatic carbocycles. The molecule has 0 unspecified atom stereocenters. The molecule has 18 heavy (non-hydrogen) atoms. The molecule has 98 valence electrons. The molecule has 2 amide bonds. The molecule has 0 bridgehead atoms. The average Bonchev–Trinajstić information content (AvgIpc) is 3.05. The molecule has 1 aromatic heterocycles. The van der Waals surface area contributed by atoms with Crippen molar-refractivity contribution in [2.75, 3.05) is 13.2 Å². The second-order valence-electron chi connectivity index (χ2n) is 4.08. The molecule has 0 radical (unpaired) electrons. The lowest BCUT2D eigenvalue weighted by Gasteiger charge is -2.10. The molecule has 1 aromatic rings. The van der Waals surface area contributed by atoms with Crippen LogP contribution in [-0.4, -0.2) is 31.1 Å². The van der Waals surface area contributed by atoms with Crippen molar-refractivity contribution in [2.45, 2.75) is 25.5 Å². The molecular formula is C12H16N2O4. The van der Waals surface area contributed by atoms with Crippen molar-refractivity contribution < 1.29 is 18.7 Å². The van der Waals surface area contributed by atoms with Crippen LogP contribution in [0, 0.1) is 0 Å². The van der Waals surface area contributed by atoms with Crippen molar-refractivity contribution in [3.8, 4) is 0 Å². The summed E-state index contributed by atoms with van der Waals surface area (Å²) in [7, 11) is 0. The molecule has 1 fully saturated rings. The molecule has 0 spiro atoms. The number of hydrogen-bond acceptors (Lipinski definition) is 4. The van der Waals surface area contributed by atoms with Crippen LogP contribution in [0.25, 0.3) is 0 Å². The molecule has 1 atom stereocenters. The zero-order valence-corrected chi connectivity index (χ0v) is 9.98. The Morgan fingerprint density at radius 3 is 2.94 bits per heavy atom. The van der Waals surface area contributed by atoms with Gasteiger partial charge in [-0.15, -0.1) is 0 Å². The summed E-state index contributed by atoms with van der Waals surface area (Å²) in [6.07, 6.45) is 2.76. The van der Waals surface area contributed by atoms with E-state index < -0.39 is 6.10 Å². The van der Waals surface area contributed by atoms with E-state index in [1.165, 1.54) is 0 Å². The van der Waals surface area contributed by atoms with Crippen molar-refractivity contribution in [3.05, 3.63) is 24.2 Å². The number of furan rings is 1. The first-order valence-corrected chi connectivity index (χ1v) is 5.94. The minimum absolute atomic E-state index is 0.0423. The van der Waals surface area contributed by atoms with Gasteiger partial charge >= 0.3 is 0 Å². The Labute approximate surface area is 105 Å². The van der Waals surface area contributed by atoms with Gasteiger partial charge in [-0.05, 0) is 25.0 Å². The lowest BCUT2D eigenvalue weighted by molar-refractivity contribution is -0.132. The average molecular weight is 252 g/mol. The molecule has 0 aromatic carbocycles. The summed E-state index contributed by atoms with van der Waals surface area (Å²) in [5, 5.41) is 5.19. The lowest BCUT2D eigenvalue weighted by atomic mass is 10.2. The van der Waals surface area contributed by atoms with E-state index in [4.69, 9.17) is 9.15 Å². The van der Waals surface area contributed by atoms with E-state index in [0.717, 1.165) is 12.8 Å². The number of amides is 2. The van der Waals surface area contributed by atoms with Crippen LogP contribution in [0.1, 0.15) is 18.6 Å². The fraction of sp³-hybridized carbons (Fsp3) is 0.500. The van der Waals surface area contributed by atoms with Crippen LogP contribution in [0.5, 0.6) is 0 Å². The Balaban J connectivity index is 1.63. The van der Waals surface area contributed by atoms with Gasteiger partial charge in [-0.25, -0.2) is 0 Å². The largest absolute Gasteiger partial charge is 0.467 e. The highest BCUT2D eigenvalue weighted by atomic mass is 16.5. The van der Waals surface area contributed by atoms with E-state index in [-0.39, 0.29) is 18.4 Å². The second kappa shape index (κ2) is 6.20. The minimum atomic E-state index is -0.400. The third-order valence-electron chi connectivity index (χ3n) is 2.69. The highest BCUT2D eigenvalue weighted by Gasteiger charge is 2.23. The molecule has 1 aliphatic rings. The summed E-state index contributed by atoms with van der Waals surface area (Å²) in [5.41, 5.74) is 0. The smallest absolute Gasteiger partial charge is 0.249 e. The molecule has 1 saturated heterocycles. The number of carbonyl (C=O) groups excluding carboxylic acids is 2. The maximum atomic E-state index is 11.5. The Morgan fingerprint density at radius 2 is 2.28 bits per heavy atom. The fourth-order valence-corrected chi connectivity index (χ4v) is 1.73. The molecule has 6 nitrogen and oxygen atoms in total. The number of carbonyl (C=O) groups is 2. The van der Waals surface area contributed by atoms with E-state index in [9.17, 15) is 9.59 Å². The van der Waals surface area contributed by atoms with E-state index in [2.05, 4.69) is 10.6 Å². The van der Waals surface area contributed by atoms with Crippen LogP contribution in [0.4, 0.5) is 0 Å². The van der Waals surface area contributed by atoms with E-state index in [1.54, 1.807) is 18.4 Å². The minimum Gasteiger partial charge on any atom is -0.467 e. The van der Waals surface area contributed by atoms with E-state index in [1.807, 2.05) is 0 Å². The molecule has 2 heterocycles. The first-order valence-electron chi connectivity index (χ1n) is 5.94.